The van der Waals surface area contributed by atoms with E-state index in [-0.39, 0.29) is 11.6 Å². The monoisotopic (exact) mass is 282 g/mol. The van der Waals surface area contributed by atoms with Crippen LogP contribution in [-0.2, 0) is 0 Å². The average Bonchev–Trinajstić information content (AvgIpc) is 2.55. The van der Waals surface area contributed by atoms with E-state index in [9.17, 15) is 4.79 Å². The Morgan fingerprint density at radius 2 is 2.19 bits per heavy atom. The summed E-state index contributed by atoms with van der Waals surface area (Å²) < 4.78 is 2.71. The maximum atomic E-state index is 10.8. The smallest absolute Gasteiger partial charge is 0.335 e. The Balaban J connectivity index is 2.67. The predicted octanol–water partition coefficient (Wildman–Crippen LogP) is 3.08. The fourth-order valence-corrected chi connectivity index (χ4v) is 2.37. The van der Waals surface area contributed by atoms with Crippen LogP contribution in [0.25, 0.3) is 10.9 Å². The van der Waals surface area contributed by atoms with Gasteiger partial charge >= 0.3 is 5.97 Å². The third kappa shape index (κ3) is 1.71. The summed E-state index contributed by atoms with van der Waals surface area (Å²) in [5, 5.41) is 14.2. The molecule has 84 valence electrons. The molecule has 2 aromatic rings. The first-order chi connectivity index (χ1) is 7.50. The number of carboxylic acids is 1. The van der Waals surface area contributed by atoms with Crippen molar-refractivity contribution in [1.82, 2.24) is 9.78 Å². The van der Waals surface area contributed by atoms with Gasteiger partial charge in [-0.1, -0.05) is 0 Å². The molecule has 1 aromatic heterocycles. The second kappa shape index (κ2) is 3.90. The molecular formula is C11H11BrN2O2. The molecule has 0 bridgehead atoms. The normalized spacial score (nSPS) is 11.2. The van der Waals surface area contributed by atoms with E-state index in [0.717, 1.165) is 9.99 Å². The van der Waals surface area contributed by atoms with Gasteiger partial charge in [-0.25, -0.2) is 4.79 Å². The quantitative estimate of drug-likeness (QED) is 0.921. The Kier molecular flexibility index (Phi) is 2.71. The van der Waals surface area contributed by atoms with Gasteiger partial charge in [0.15, 0.2) is 0 Å². The number of rotatable bonds is 2. The lowest BCUT2D eigenvalue weighted by Crippen LogP contribution is -2.02. The van der Waals surface area contributed by atoms with Gasteiger partial charge in [0, 0.05) is 11.4 Å². The van der Waals surface area contributed by atoms with Gasteiger partial charge in [0.1, 0.15) is 4.60 Å². The lowest BCUT2D eigenvalue weighted by molar-refractivity contribution is 0.0697. The van der Waals surface area contributed by atoms with E-state index in [1.807, 2.05) is 18.5 Å². The number of fused-ring (bicyclic) bond motifs is 1. The fourth-order valence-electron chi connectivity index (χ4n) is 1.55. The molecule has 0 aliphatic carbocycles. The molecule has 0 radical (unpaired) electrons. The van der Waals surface area contributed by atoms with Crippen molar-refractivity contribution in [2.45, 2.75) is 19.9 Å². The van der Waals surface area contributed by atoms with Gasteiger partial charge in [0.2, 0.25) is 0 Å². The van der Waals surface area contributed by atoms with E-state index in [1.54, 1.807) is 18.2 Å². The first-order valence-electron chi connectivity index (χ1n) is 4.91. The van der Waals surface area contributed by atoms with E-state index >= 15 is 0 Å². The summed E-state index contributed by atoms with van der Waals surface area (Å²) in [6.45, 7) is 4.05. The molecule has 0 saturated carbocycles. The summed E-state index contributed by atoms with van der Waals surface area (Å²) in [5.41, 5.74) is 0.953. The zero-order valence-electron chi connectivity index (χ0n) is 8.94. The maximum Gasteiger partial charge on any atom is 0.335 e. The molecule has 16 heavy (non-hydrogen) atoms. The molecule has 1 aromatic carbocycles. The van der Waals surface area contributed by atoms with Crippen molar-refractivity contribution in [3.8, 4) is 0 Å². The number of benzene rings is 1. The van der Waals surface area contributed by atoms with Crippen LogP contribution in [-0.4, -0.2) is 20.9 Å². The van der Waals surface area contributed by atoms with Crippen LogP contribution in [0, 0.1) is 0 Å². The van der Waals surface area contributed by atoms with Gasteiger partial charge in [0.05, 0.1) is 11.1 Å². The van der Waals surface area contributed by atoms with Crippen LogP contribution < -0.4 is 0 Å². The fraction of sp³-hybridized carbons (Fsp3) is 0.273. The Bertz CT molecular complexity index is 560. The highest BCUT2D eigenvalue weighted by molar-refractivity contribution is 9.10. The van der Waals surface area contributed by atoms with E-state index < -0.39 is 5.97 Å². The van der Waals surface area contributed by atoms with Gasteiger partial charge < -0.3 is 5.11 Å². The predicted molar refractivity (Wildman–Crippen MR) is 64.8 cm³/mol. The van der Waals surface area contributed by atoms with Crippen LogP contribution >= 0.6 is 15.9 Å². The van der Waals surface area contributed by atoms with Crippen molar-refractivity contribution in [2.75, 3.05) is 0 Å². The van der Waals surface area contributed by atoms with Crippen molar-refractivity contribution < 1.29 is 9.90 Å². The lowest BCUT2D eigenvalue weighted by Gasteiger charge is -2.05. The Hall–Kier alpha value is -1.36. The summed E-state index contributed by atoms with van der Waals surface area (Å²) in [4.78, 5) is 10.8. The molecule has 0 unspecified atom stereocenters. The number of aromatic carboxylic acids is 1. The van der Waals surface area contributed by atoms with Crippen LogP contribution in [0.2, 0.25) is 0 Å². The highest BCUT2D eigenvalue weighted by atomic mass is 79.9. The number of carboxylic acid groups (broad SMARTS) is 1. The molecule has 5 heteroatoms. The van der Waals surface area contributed by atoms with Gasteiger partial charge in [-0.3, -0.25) is 4.68 Å². The topological polar surface area (TPSA) is 55.1 Å². The number of hydrogen-bond donors (Lipinski definition) is 1. The Labute approximate surface area is 101 Å². The molecule has 0 aliphatic heterocycles. The third-order valence-corrected chi connectivity index (χ3v) is 3.16. The minimum absolute atomic E-state index is 0.232. The molecule has 0 saturated heterocycles. The number of aromatic nitrogens is 2. The van der Waals surface area contributed by atoms with E-state index in [1.165, 1.54) is 0 Å². The van der Waals surface area contributed by atoms with Crippen molar-refractivity contribution in [1.29, 1.82) is 0 Å². The SMILES string of the molecule is CC(C)n1nc2cc(C(=O)O)ccc2c1Br. The second-order valence-electron chi connectivity index (χ2n) is 3.87. The van der Waals surface area contributed by atoms with E-state index in [0.29, 0.717) is 5.52 Å². The summed E-state index contributed by atoms with van der Waals surface area (Å²) >= 11 is 3.47. The highest BCUT2D eigenvalue weighted by Gasteiger charge is 2.12. The van der Waals surface area contributed by atoms with Crippen LogP contribution in [0.1, 0.15) is 30.2 Å². The first-order valence-corrected chi connectivity index (χ1v) is 5.71. The minimum Gasteiger partial charge on any atom is -0.478 e. The van der Waals surface area contributed by atoms with Crippen molar-refractivity contribution in [3.63, 3.8) is 0 Å². The lowest BCUT2D eigenvalue weighted by atomic mass is 10.2. The van der Waals surface area contributed by atoms with Gasteiger partial charge in [-0.05, 0) is 48.0 Å². The Morgan fingerprint density at radius 1 is 1.50 bits per heavy atom. The zero-order chi connectivity index (χ0) is 11.9. The molecule has 4 nitrogen and oxygen atoms in total. The molecule has 1 N–H and O–H groups in total. The van der Waals surface area contributed by atoms with Crippen molar-refractivity contribution in [3.05, 3.63) is 28.4 Å². The zero-order valence-corrected chi connectivity index (χ0v) is 10.5. The van der Waals surface area contributed by atoms with Crippen LogP contribution in [0.5, 0.6) is 0 Å². The summed E-state index contributed by atoms with van der Waals surface area (Å²) in [6.07, 6.45) is 0. The highest BCUT2D eigenvalue weighted by Crippen LogP contribution is 2.27. The molecule has 1 heterocycles. The van der Waals surface area contributed by atoms with E-state index in [2.05, 4.69) is 21.0 Å². The number of nitrogens with zero attached hydrogens (tertiary/aromatic N) is 2. The molecule has 2 rings (SSSR count). The van der Waals surface area contributed by atoms with Gasteiger partial charge in [-0.2, -0.15) is 5.10 Å². The van der Waals surface area contributed by atoms with Crippen LogP contribution in [0.4, 0.5) is 0 Å². The largest absolute Gasteiger partial charge is 0.478 e. The number of halogens is 1. The van der Waals surface area contributed by atoms with Crippen molar-refractivity contribution >= 4 is 32.8 Å². The van der Waals surface area contributed by atoms with Gasteiger partial charge in [0.25, 0.3) is 0 Å². The molecule has 0 fully saturated rings. The summed E-state index contributed by atoms with van der Waals surface area (Å²) in [5.74, 6) is -0.933. The molecule has 0 spiro atoms. The molecule has 0 atom stereocenters. The summed E-state index contributed by atoms with van der Waals surface area (Å²) in [7, 11) is 0. The average molecular weight is 283 g/mol. The standard InChI is InChI=1S/C11H11BrN2O2/c1-6(2)14-10(12)8-4-3-7(11(15)16)5-9(8)13-14/h3-6H,1-2H3,(H,15,16). The maximum absolute atomic E-state index is 10.8. The summed E-state index contributed by atoms with van der Waals surface area (Å²) in [6, 6.07) is 5.17. The second-order valence-corrected chi connectivity index (χ2v) is 4.62. The minimum atomic E-state index is -0.933. The van der Waals surface area contributed by atoms with Gasteiger partial charge in [-0.15, -0.1) is 0 Å². The van der Waals surface area contributed by atoms with Crippen LogP contribution in [0.3, 0.4) is 0 Å². The Morgan fingerprint density at radius 3 is 2.75 bits per heavy atom. The molecule has 0 amide bonds. The number of carbonyl (C=O) groups is 1. The van der Waals surface area contributed by atoms with Crippen molar-refractivity contribution in [2.24, 2.45) is 0 Å². The third-order valence-electron chi connectivity index (χ3n) is 2.37. The first kappa shape index (κ1) is 11.1. The van der Waals surface area contributed by atoms with Crippen LogP contribution in [0.15, 0.2) is 22.8 Å². The number of hydrogen-bond acceptors (Lipinski definition) is 2. The molecular weight excluding hydrogens is 272 g/mol. The molecule has 0 aliphatic rings. The van der Waals surface area contributed by atoms with E-state index in [4.69, 9.17) is 5.11 Å².